The van der Waals surface area contributed by atoms with Crippen LogP contribution in [0.5, 0.6) is 0 Å². The van der Waals surface area contributed by atoms with Gasteiger partial charge in [-0.3, -0.25) is 0 Å². The lowest BCUT2D eigenvalue weighted by molar-refractivity contribution is 0.439. The van der Waals surface area contributed by atoms with Crippen molar-refractivity contribution in [2.75, 3.05) is 0 Å². The van der Waals surface area contributed by atoms with Crippen LogP contribution in [0, 0.1) is 5.41 Å². The van der Waals surface area contributed by atoms with Crippen LogP contribution in [0.3, 0.4) is 0 Å². The summed E-state index contributed by atoms with van der Waals surface area (Å²) in [6.45, 7) is 6.97. The van der Waals surface area contributed by atoms with Crippen LogP contribution in [0.25, 0.3) is 0 Å². The van der Waals surface area contributed by atoms with Crippen molar-refractivity contribution in [3.05, 3.63) is 35.9 Å². The Bertz CT molecular complexity index is 342. The highest BCUT2D eigenvalue weighted by Gasteiger charge is 2.46. The molecule has 1 fully saturated rings. The van der Waals surface area contributed by atoms with Crippen molar-refractivity contribution < 1.29 is 0 Å². The molecule has 94 valence electrons. The van der Waals surface area contributed by atoms with Gasteiger partial charge in [0.25, 0.3) is 0 Å². The topological polar surface area (TPSA) is 12.0 Å². The third kappa shape index (κ3) is 3.32. The van der Waals surface area contributed by atoms with Gasteiger partial charge in [0.05, 0.1) is 0 Å². The van der Waals surface area contributed by atoms with Crippen molar-refractivity contribution in [3.8, 4) is 0 Å². The van der Waals surface area contributed by atoms with Gasteiger partial charge in [0.1, 0.15) is 0 Å². The molecule has 0 saturated heterocycles. The first-order valence-corrected chi connectivity index (χ1v) is 6.94. The molecule has 1 saturated carbocycles. The normalized spacial score (nSPS) is 23.4. The predicted octanol–water partition coefficient (Wildman–Crippen LogP) is 4.31. The smallest absolute Gasteiger partial charge is 0.0322 e. The molecular weight excluding hydrogens is 206 g/mol. The summed E-state index contributed by atoms with van der Waals surface area (Å²) in [7, 11) is 0. The summed E-state index contributed by atoms with van der Waals surface area (Å²) in [4.78, 5) is 0. The largest absolute Gasteiger partial charge is 0.307 e. The molecule has 1 aliphatic rings. The minimum Gasteiger partial charge on any atom is -0.307 e. The second kappa shape index (κ2) is 5.22. The van der Waals surface area contributed by atoms with E-state index in [2.05, 4.69) is 56.4 Å². The fraction of sp³-hybridized carbons (Fsp3) is 0.625. The Kier molecular flexibility index (Phi) is 3.88. The van der Waals surface area contributed by atoms with Crippen LogP contribution in [0.2, 0.25) is 0 Å². The van der Waals surface area contributed by atoms with Crippen LogP contribution in [0.4, 0.5) is 0 Å². The summed E-state index contributed by atoms with van der Waals surface area (Å²) < 4.78 is 0. The minimum absolute atomic E-state index is 0.513. The molecule has 1 heteroatoms. The average Bonchev–Trinajstić information content (AvgIpc) is 2.93. The summed E-state index contributed by atoms with van der Waals surface area (Å²) in [5.74, 6) is 0. The number of nitrogens with one attached hydrogen (secondary N) is 1. The van der Waals surface area contributed by atoms with Crippen LogP contribution >= 0.6 is 0 Å². The van der Waals surface area contributed by atoms with E-state index in [-0.39, 0.29) is 0 Å². The van der Waals surface area contributed by atoms with Gasteiger partial charge in [0, 0.05) is 12.1 Å². The van der Waals surface area contributed by atoms with E-state index in [1.165, 1.54) is 31.2 Å². The average molecular weight is 231 g/mol. The fourth-order valence-corrected chi connectivity index (χ4v) is 2.43. The molecule has 2 atom stereocenters. The highest BCUT2D eigenvalue weighted by Crippen LogP contribution is 2.46. The molecule has 0 radical (unpaired) electrons. The van der Waals surface area contributed by atoms with E-state index in [0.717, 1.165) is 0 Å². The van der Waals surface area contributed by atoms with Gasteiger partial charge in [-0.1, -0.05) is 63.9 Å². The van der Waals surface area contributed by atoms with Gasteiger partial charge in [-0.25, -0.2) is 0 Å². The maximum absolute atomic E-state index is 3.83. The summed E-state index contributed by atoms with van der Waals surface area (Å²) in [5, 5.41) is 3.83. The maximum atomic E-state index is 3.83. The van der Waals surface area contributed by atoms with E-state index in [4.69, 9.17) is 0 Å². The van der Waals surface area contributed by atoms with Crippen molar-refractivity contribution >= 4 is 0 Å². The van der Waals surface area contributed by atoms with Gasteiger partial charge in [0.15, 0.2) is 0 Å². The van der Waals surface area contributed by atoms with Crippen molar-refractivity contribution in [2.45, 2.75) is 58.5 Å². The first kappa shape index (κ1) is 12.6. The Labute approximate surface area is 106 Å². The predicted molar refractivity (Wildman–Crippen MR) is 74.0 cm³/mol. The van der Waals surface area contributed by atoms with Crippen molar-refractivity contribution in [2.24, 2.45) is 5.41 Å². The zero-order valence-corrected chi connectivity index (χ0v) is 11.4. The Morgan fingerprint density at radius 1 is 1.29 bits per heavy atom. The molecule has 0 bridgehead atoms. The van der Waals surface area contributed by atoms with Gasteiger partial charge < -0.3 is 5.32 Å². The van der Waals surface area contributed by atoms with Crippen molar-refractivity contribution in [1.29, 1.82) is 0 Å². The molecule has 0 spiro atoms. The number of rotatable bonds is 6. The number of unbranched alkanes of at least 4 members (excludes halogenated alkanes) is 1. The van der Waals surface area contributed by atoms with E-state index in [9.17, 15) is 0 Å². The van der Waals surface area contributed by atoms with E-state index in [1.54, 1.807) is 0 Å². The third-order valence-electron chi connectivity index (χ3n) is 3.96. The molecule has 0 heterocycles. The standard InChI is InChI=1S/C16H25N/c1-4-5-11-14(13-9-7-6-8-10-13)17-15-12-16(15,2)3/h6-10,14-15,17H,4-5,11-12H2,1-3H3. The highest BCUT2D eigenvalue weighted by atomic mass is 15.0. The van der Waals surface area contributed by atoms with Crippen molar-refractivity contribution in [3.63, 3.8) is 0 Å². The summed E-state index contributed by atoms with van der Waals surface area (Å²) in [5.41, 5.74) is 1.96. The summed E-state index contributed by atoms with van der Waals surface area (Å²) in [6.07, 6.45) is 5.16. The Hall–Kier alpha value is -0.820. The molecule has 0 aromatic heterocycles. The van der Waals surface area contributed by atoms with Crippen LogP contribution in [-0.4, -0.2) is 6.04 Å². The van der Waals surface area contributed by atoms with Gasteiger partial charge in [0.2, 0.25) is 0 Å². The lowest BCUT2D eigenvalue weighted by Crippen LogP contribution is -2.26. The molecule has 2 unspecified atom stereocenters. The van der Waals surface area contributed by atoms with Crippen LogP contribution < -0.4 is 5.32 Å². The molecule has 1 aromatic rings. The van der Waals surface area contributed by atoms with Crippen LogP contribution in [-0.2, 0) is 0 Å². The molecule has 0 aliphatic heterocycles. The molecule has 0 amide bonds. The Balaban J connectivity index is 1.99. The number of benzene rings is 1. The SMILES string of the molecule is CCCCC(NC1CC1(C)C)c1ccccc1. The number of hydrogen-bond acceptors (Lipinski definition) is 1. The molecule has 1 N–H and O–H groups in total. The molecule has 2 rings (SSSR count). The number of hydrogen-bond donors (Lipinski definition) is 1. The molecule has 1 nitrogen and oxygen atoms in total. The lowest BCUT2D eigenvalue weighted by atomic mass is 10.0. The first-order valence-electron chi connectivity index (χ1n) is 6.94. The molecule has 17 heavy (non-hydrogen) atoms. The quantitative estimate of drug-likeness (QED) is 0.769. The molecular formula is C16H25N. The maximum Gasteiger partial charge on any atom is 0.0322 e. The minimum atomic E-state index is 0.513. The van der Waals surface area contributed by atoms with Crippen molar-refractivity contribution in [1.82, 2.24) is 5.32 Å². The Morgan fingerprint density at radius 3 is 2.47 bits per heavy atom. The lowest BCUT2D eigenvalue weighted by Gasteiger charge is -2.20. The van der Waals surface area contributed by atoms with Gasteiger partial charge in [-0.05, 0) is 23.8 Å². The Morgan fingerprint density at radius 2 is 1.94 bits per heavy atom. The van der Waals surface area contributed by atoms with E-state index >= 15 is 0 Å². The second-order valence-corrected chi connectivity index (χ2v) is 6.02. The molecule has 1 aromatic carbocycles. The fourth-order valence-electron chi connectivity index (χ4n) is 2.43. The summed E-state index contributed by atoms with van der Waals surface area (Å²) in [6, 6.07) is 12.2. The van der Waals surface area contributed by atoms with E-state index in [0.29, 0.717) is 17.5 Å². The monoisotopic (exact) mass is 231 g/mol. The zero-order valence-electron chi connectivity index (χ0n) is 11.4. The van der Waals surface area contributed by atoms with Crippen LogP contribution in [0.15, 0.2) is 30.3 Å². The van der Waals surface area contributed by atoms with Gasteiger partial charge in [-0.2, -0.15) is 0 Å². The zero-order chi connectivity index (χ0) is 12.3. The van der Waals surface area contributed by atoms with E-state index in [1.807, 2.05) is 0 Å². The first-order chi connectivity index (χ1) is 8.13. The van der Waals surface area contributed by atoms with Gasteiger partial charge in [-0.15, -0.1) is 0 Å². The highest BCUT2D eigenvalue weighted by molar-refractivity contribution is 5.20. The second-order valence-electron chi connectivity index (χ2n) is 6.02. The molecule has 1 aliphatic carbocycles. The van der Waals surface area contributed by atoms with E-state index < -0.39 is 0 Å². The van der Waals surface area contributed by atoms with Gasteiger partial charge >= 0.3 is 0 Å². The van der Waals surface area contributed by atoms with Crippen LogP contribution in [0.1, 0.15) is 58.1 Å². The summed E-state index contributed by atoms with van der Waals surface area (Å²) >= 11 is 0. The third-order valence-corrected chi connectivity index (χ3v) is 3.96.